The first-order valence-corrected chi connectivity index (χ1v) is 6.08. The number of alkyl halides is 3. The molecule has 0 fully saturated rings. The van der Waals surface area contributed by atoms with E-state index in [2.05, 4.69) is 30.4 Å². The zero-order valence-electron chi connectivity index (χ0n) is 11.7. The van der Waals surface area contributed by atoms with E-state index in [1.807, 2.05) is 24.3 Å². The first-order chi connectivity index (χ1) is 9.61. The van der Waals surface area contributed by atoms with Gasteiger partial charge in [0.05, 0.1) is 0 Å². The van der Waals surface area contributed by atoms with Crippen molar-refractivity contribution in [3.8, 4) is 0 Å². The van der Waals surface area contributed by atoms with Crippen LogP contribution in [0.3, 0.4) is 0 Å². The molecule has 1 radical (unpaired) electrons. The van der Waals surface area contributed by atoms with E-state index in [4.69, 9.17) is 0 Å². The molecule has 0 spiro atoms. The molecule has 5 heteroatoms. The second-order valence-corrected chi connectivity index (χ2v) is 3.78. The summed E-state index contributed by atoms with van der Waals surface area (Å²) in [5.41, 5.74) is -0.727. The van der Waals surface area contributed by atoms with Crippen LogP contribution in [0, 0.1) is 18.2 Å². The van der Waals surface area contributed by atoms with E-state index in [0.29, 0.717) is 0 Å². The van der Waals surface area contributed by atoms with E-state index < -0.39 is 11.7 Å². The van der Waals surface area contributed by atoms with Gasteiger partial charge in [0.1, 0.15) is 0 Å². The van der Waals surface area contributed by atoms with Crippen LogP contribution in [0.1, 0.15) is 18.4 Å². The Morgan fingerprint density at radius 2 is 1.45 bits per heavy atom. The average molecular weight is 359 g/mol. The van der Waals surface area contributed by atoms with Crippen LogP contribution in [0.15, 0.2) is 60.7 Å². The maximum Gasteiger partial charge on any atom is 3.00 e. The Morgan fingerprint density at radius 1 is 0.909 bits per heavy atom. The third-order valence-electron chi connectivity index (χ3n) is 2.19. The van der Waals surface area contributed by atoms with Crippen molar-refractivity contribution in [1.82, 2.24) is 0 Å². The molecule has 0 aliphatic heterocycles. The molecule has 0 aromatic heterocycles. The molecule has 0 saturated carbocycles. The van der Waals surface area contributed by atoms with Gasteiger partial charge < -0.3 is 12.4 Å². The van der Waals surface area contributed by atoms with Crippen LogP contribution in [0.4, 0.5) is 13.2 Å². The summed E-state index contributed by atoms with van der Waals surface area (Å²) in [6, 6.07) is 7.14. The second kappa shape index (κ2) is 13.6. The van der Waals surface area contributed by atoms with E-state index >= 15 is 0 Å². The van der Waals surface area contributed by atoms with Crippen molar-refractivity contribution in [2.45, 2.75) is 19.0 Å². The summed E-state index contributed by atoms with van der Waals surface area (Å²) < 4.78 is 35.3. The predicted octanol–water partition coefficient (Wildman–Crippen LogP) is 2.12. The van der Waals surface area contributed by atoms with E-state index in [0.717, 1.165) is 18.9 Å². The fourth-order valence-corrected chi connectivity index (χ4v) is 1.25. The minimum absolute atomic E-state index is 0. The van der Waals surface area contributed by atoms with Gasteiger partial charge in [0, 0.05) is 0 Å². The van der Waals surface area contributed by atoms with Crippen LogP contribution in [0.5, 0.6) is 0 Å². The van der Waals surface area contributed by atoms with E-state index in [-0.39, 0.29) is 34.1 Å². The first kappa shape index (κ1) is 23.2. The molecule has 0 amide bonds. The molecule has 0 heterocycles. The zero-order valence-corrected chi connectivity index (χ0v) is 14.0. The normalized spacial score (nSPS) is 13.2. The van der Waals surface area contributed by atoms with Gasteiger partial charge in [0.2, 0.25) is 0 Å². The van der Waals surface area contributed by atoms with Crippen molar-refractivity contribution in [3.05, 3.63) is 84.5 Å². The molecule has 2 aliphatic rings. The van der Waals surface area contributed by atoms with Crippen LogP contribution in [0.2, 0.25) is 0 Å². The molecule has 1 aromatic carbocycles. The molecule has 0 atom stereocenters. The summed E-state index contributed by atoms with van der Waals surface area (Å²) in [5, 5.41) is 0. The number of rotatable bonds is 0. The van der Waals surface area contributed by atoms with Crippen LogP contribution in [0.25, 0.3) is 0 Å². The Balaban J connectivity index is 0. The Kier molecular flexibility index (Phi) is 14.4. The van der Waals surface area contributed by atoms with Crippen LogP contribution < -0.4 is 12.4 Å². The van der Waals surface area contributed by atoms with Gasteiger partial charge in [-0.05, 0) is 0 Å². The number of halogens is 4. The first-order valence-electron chi connectivity index (χ1n) is 6.08. The second-order valence-electron chi connectivity index (χ2n) is 3.78. The van der Waals surface area contributed by atoms with Crippen molar-refractivity contribution in [2.75, 3.05) is 0 Å². The molecule has 0 unspecified atom stereocenters. The molecule has 22 heavy (non-hydrogen) atoms. The maximum absolute atomic E-state index is 11.8. The fraction of sp³-hybridized carbons (Fsp3) is 0.176. The number of benzene rings is 1. The summed E-state index contributed by atoms with van der Waals surface area (Å²) in [5.74, 6) is 0. The third kappa shape index (κ3) is 11.6. The van der Waals surface area contributed by atoms with E-state index in [1.54, 1.807) is 0 Å². The van der Waals surface area contributed by atoms with E-state index in [1.165, 1.54) is 18.2 Å². The minimum atomic E-state index is -4.26. The van der Waals surface area contributed by atoms with Crippen molar-refractivity contribution in [2.24, 2.45) is 0 Å². The van der Waals surface area contributed by atoms with Gasteiger partial charge in [-0.1, -0.05) is 5.56 Å². The zero-order chi connectivity index (χ0) is 14.7. The Labute approximate surface area is 150 Å². The van der Waals surface area contributed by atoms with Gasteiger partial charge in [0.25, 0.3) is 0 Å². The molecule has 1 aromatic rings. The molecule has 0 nitrogen and oxygen atoms in total. The molecule has 2 aliphatic carbocycles. The van der Waals surface area contributed by atoms with Gasteiger partial charge in [-0.3, -0.25) is 12.2 Å². The van der Waals surface area contributed by atoms with Crippen molar-refractivity contribution in [3.63, 3.8) is 0 Å². The van der Waals surface area contributed by atoms with Gasteiger partial charge in [-0.15, -0.1) is 12.8 Å². The van der Waals surface area contributed by atoms with Crippen LogP contribution in [-0.2, 0) is 27.9 Å². The summed E-state index contributed by atoms with van der Waals surface area (Å²) >= 11 is 0. The monoisotopic (exact) mass is 358 g/mol. The van der Waals surface area contributed by atoms with E-state index in [9.17, 15) is 13.2 Å². The molecular formula is C17H14ClF3Ti-. The van der Waals surface area contributed by atoms with Gasteiger partial charge in [-0.2, -0.15) is 55.7 Å². The number of hydrogen-bond donors (Lipinski definition) is 0. The molecule has 0 bridgehead atoms. The van der Waals surface area contributed by atoms with Crippen molar-refractivity contribution < 1.29 is 47.3 Å². The molecule has 0 N–H and O–H groups in total. The third-order valence-corrected chi connectivity index (χ3v) is 2.19. The van der Waals surface area contributed by atoms with Crippen molar-refractivity contribution >= 4 is 0 Å². The maximum atomic E-state index is 11.8. The minimum Gasteiger partial charge on any atom is -1.00 e. The average Bonchev–Trinajstić information content (AvgIpc) is 3.17. The predicted molar refractivity (Wildman–Crippen MR) is 73.4 cm³/mol. The molecule has 115 valence electrons. The molecule has 0 saturated heterocycles. The smallest absolute Gasteiger partial charge is 1.00 e. The van der Waals surface area contributed by atoms with Crippen molar-refractivity contribution in [1.29, 1.82) is 0 Å². The summed E-state index contributed by atoms with van der Waals surface area (Å²) in [6.45, 7) is 0. The standard InChI is InChI=1S/C7H4F3.2C5H5.ClH.Ti/c8-7(9,10)6-4-2-1-3-5-6;2*1-2-4-5-3-1;;/h1-4H;2*1-3H,4H2;1H;/q3*-1;;+3/p-1. The Hall–Kier alpha value is -1.03. The fourth-order valence-electron chi connectivity index (χ4n) is 1.25. The number of allylic oxidation sites excluding steroid dienone is 8. The largest absolute Gasteiger partial charge is 3.00 e. The molecular weight excluding hydrogens is 345 g/mol. The summed E-state index contributed by atoms with van der Waals surface area (Å²) in [6.07, 6.45) is 15.7. The molecule has 3 rings (SSSR count). The number of hydrogen-bond acceptors (Lipinski definition) is 0. The van der Waals surface area contributed by atoms with Crippen LogP contribution >= 0.6 is 0 Å². The van der Waals surface area contributed by atoms with Gasteiger partial charge in [0.15, 0.2) is 0 Å². The SMILES string of the molecule is FC(F)(F)c1[c-]cccc1.[C-]1=CC=CC1.[C-]1=CC=CC1.[Cl-].[Ti+3]. The Morgan fingerprint density at radius 3 is 1.64 bits per heavy atom. The Bertz CT molecular complexity index is 446. The van der Waals surface area contributed by atoms with Crippen LogP contribution in [-0.4, -0.2) is 0 Å². The quantitative estimate of drug-likeness (QED) is 0.492. The van der Waals surface area contributed by atoms with Gasteiger partial charge in [-0.25, -0.2) is 24.3 Å². The summed E-state index contributed by atoms with van der Waals surface area (Å²) in [7, 11) is 0. The topological polar surface area (TPSA) is 0 Å². The van der Waals surface area contributed by atoms with Gasteiger partial charge >= 0.3 is 27.9 Å². The summed E-state index contributed by atoms with van der Waals surface area (Å²) in [4.78, 5) is 0.